The van der Waals surface area contributed by atoms with Crippen LogP contribution in [0, 0.1) is 18.8 Å². The van der Waals surface area contributed by atoms with Crippen molar-refractivity contribution in [1.82, 2.24) is 24.6 Å². The average Bonchev–Trinajstić information content (AvgIpc) is 3.45. The average molecular weight is 434 g/mol. The first kappa shape index (κ1) is 21.2. The Balaban J connectivity index is 1.29. The number of hydrogen-bond donors (Lipinski definition) is 1. The van der Waals surface area contributed by atoms with Crippen LogP contribution >= 0.6 is 0 Å². The van der Waals surface area contributed by atoms with Crippen molar-refractivity contribution < 1.29 is 4.79 Å². The second kappa shape index (κ2) is 8.38. The lowest BCUT2D eigenvalue weighted by atomic mass is 9.86. The fraction of sp³-hybridized carbons (Fsp3) is 0.577. The van der Waals surface area contributed by atoms with Crippen LogP contribution in [-0.2, 0) is 11.3 Å². The van der Waals surface area contributed by atoms with Crippen molar-refractivity contribution in [2.45, 2.75) is 77.8 Å². The van der Waals surface area contributed by atoms with E-state index in [1.54, 1.807) is 0 Å². The highest BCUT2D eigenvalue weighted by atomic mass is 16.2. The topological polar surface area (TPSA) is 66.8 Å². The molecule has 32 heavy (non-hydrogen) atoms. The molecule has 2 aromatic heterocycles. The molecule has 1 aliphatic heterocycles. The van der Waals surface area contributed by atoms with E-state index < -0.39 is 0 Å². The second-order valence-corrected chi connectivity index (χ2v) is 10.6. The van der Waals surface area contributed by atoms with Gasteiger partial charge in [0.25, 0.3) is 0 Å². The highest BCUT2D eigenvalue weighted by Gasteiger charge is 2.41. The predicted octanol–water partition coefficient (Wildman–Crippen LogP) is 5.33. The summed E-state index contributed by atoms with van der Waals surface area (Å²) >= 11 is 0. The lowest BCUT2D eigenvalue weighted by molar-refractivity contribution is -0.135. The number of aromatic amines is 1. The largest absolute Gasteiger partial charge is 0.337 e. The molecule has 1 unspecified atom stereocenters. The number of nitrogens with one attached hydrogen (secondary N) is 1. The van der Waals surface area contributed by atoms with Gasteiger partial charge in [-0.05, 0) is 69.6 Å². The number of nitrogens with zero attached hydrogens (tertiary/aromatic N) is 4. The normalized spacial score (nSPS) is 21.5. The van der Waals surface area contributed by atoms with E-state index in [-0.39, 0.29) is 5.54 Å². The number of carbonyl (C=O) groups excluding carboxylic acids is 1. The maximum absolute atomic E-state index is 13.2. The number of imidazole rings is 1. The van der Waals surface area contributed by atoms with E-state index in [0.717, 1.165) is 53.8 Å². The van der Waals surface area contributed by atoms with E-state index in [1.165, 1.54) is 32.1 Å². The number of aromatic nitrogens is 4. The zero-order valence-electron chi connectivity index (χ0n) is 19.6. The maximum atomic E-state index is 13.2. The standard InChI is InChI=1S/C26H35N5O/c1-18-22(14-28-29-18)21-9-10-24-23(12-21)27-17-30(24)15-20-13-26(2,3)31(16-20)25(32)11-19-7-5-4-6-8-19/h9-10,12,14,17,19-20H,4-8,11,13,15-16H2,1-3H3,(H,28,29). The van der Waals surface area contributed by atoms with Crippen LogP contribution in [0.1, 0.15) is 64.5 Å². The Labute approximate surface area is 190 Å². The summed E-state index contributed by atoms with van der Waals surface area (Å²) in [6.45, 7) is 8.25. The van der Waals surface area contributed by atoms with Crippen LogP contribution in [0.15, 0.2) is 30.7 Å². The molecule has 1 saturated carbocycles. The number of benzene rings is 1. The van der Waals surface area contributed by atoms with Gasteiger partial charge in [-0.2, -0.15) is 5.10 Å². The molecule has 0 radical (unpaired) electrons. The maximum Gasteiger partial charge on any atom is 0.223 e. The summed E-state index contributed by atoms with van der Waals surface area (Å²) in [5.74, 6) is 1.41. The van der Waals surface area contributed by atoms with Crippen molar-refractivity contribution >= 4 is 16.9 Å². The molecule has 1 N–H and O–H groups in total. The first-order chi connectivity index (χ1) is 15.4. The highest BCUT2D eigenvalue weighted by Crippen LogP contribution is 2.36. The lowest BCUT2D eigenvalue weighted by Crippen LogP contribution is -2.43. The number of hydrogen-bond acceptors (Lipinski definition) is 3. The Morgan fingerprint density at radius 1 is 1.19 bits per heavy atom. The lowest BCUT2D eigenvalue weighted by Gasteiger charge is -2.33. The van der Waals surface area contributed by atoms with Crippen LogP contribution < -0.4 is 0 Å². The fourth-order valence-electron chi connectivity index (χ4n) is 5.99. The fourth-order valence-corrected chi connectivity index (χ4v) is 5.99. The van der Waals surface area contributed by atoms with Crippen LogP contribution in [0.4, 0.5) is 0 Å². The van der Waals surface area contributed by atoms with Gasteiger partial charge in [-0.1, -0.05) is 25.3 Å². The van der Waals surface area contributed by atoms with Crippen LogP contribution in [0.2, 0.25) is 0 Å². The SMILES string of the molecule is Cc1[nH]ncc1-c1ccc2c(c1)ncn2CC1CN(C(=O)CC2CCCCC2)C(C)(C)C1. The van der Waals surface area contributed by atoms with Gasteiger partial charge in [0.1, 0.15) is 0 Å². The van der Waals surface area contributed by atoms with Crippen LogP contribution in [0.5, 0.6) is 0 Å². The van der Waals surface area contributed by atoms with Gasteiger partial charge in [-0.25, -0.2) is 4.98 Å². The molecule has 3 aromatic rings. The van der Waals surface area contributed by atoms with E-state index in [1.807, 2.05) is 19.4 Å². The Kier molecular flexibility index (Phi) is 5.56. The molecule has 0 bridgehead atoms. The van der Waals surface area contributed by atoms with Gasteiger partial charge in [0.2, 0.25) is 5.91 Å². The zero-order chi connectivity index (χ0) is 22.3. The molecule has 1 aliphatic carbocycles. The monoisotopic (exact) mass is 433 g/mol. The molecule has 2 fully saturated rings. The van der Waals surface area contributed by atoms with Gasteiger partial charge < -0.3 is 9.47 Å². The molecule has 6 heteroatoms. The minimum Gasteiger partial charge on any atom is -0.337 e. The zero-order valence-corrected chi connectivity index (χ0v) is 19.6. The summed E-state index contributed by atoms with van der Waals surface area (Å²) < 4.78 is 2.26. The first-order valence-electron chi connectivity index (χ1n) is 12.2. The molecule has 170 valence electrons. The number of carbonyl (C=O) groups is 1. The van der Waals surface area contributed by atoms with Crippen molar-refractivity contribution in [3.8, 4) is 11.1 Å². The van der Waals surface area contributed by atoms with E-state index >= 15 is 0 Å². The highest BCUT2D eigenvalue weighted by molar-refractivity contribution is 5.82. The third-order valence-electron chi connectivity index (χ3n) is 7.67. The molecule has 6 nitrogen and oxygen atoms in total. The van der Waals surface area contributed by atoms with Crippen molar-refractivity contribution in [3.63, 3.8) is 0 Å². The van der Waals surface area contributed by atoms with Crippen molar-refractivity contribution in [3.05, 3.63) is 36.4 Å². The molecule has 0 spiro atoms. The van der Waals surface area contributed by atoms with E-state index in [9.17, 15) is 4.79 Å². The van der Waals surface area contributed by atoms with Gasteiger partial charge in [0, 0.05) is 36.3 Å². The number of rotatable bonds is 5. The van der Waals surface area contributed by atoms with Gasteiger partial charge in [-0.3, -0.25) is 9.89 Å². The minimum atomic E-state index is -0.0707. The van der Waals surface area contributed by atoms with Crippen molar-refractivity contribution in [2.75, 3.05) is 6.54 Å². The summed E-state index contributed by atoms with van der Waals surface area (Å²) in [7, 11) is 0. The van der Waals surface area contributed by atoms with Crippen LogP contribution in [0.25, 0.3) is 22.2 Å². The summed E-state index contributed by atoms with van der Waals surface area (Å²) in [6, 6.07) is 6.45. The molecular weight excluding hydrogens is 398 g/mol. The number of fused-ring (bicyclic) bond motifs is 1. The summed E-state index contributed by atoms with van der Waals surface area (Å²) in [6.07, 6.45) is 12.0. The Morgan fingerprint density at radius 2 is 2.00 bits per heavy atom. The molecule has 5 rings (SSSR count). The van der Waals surface area contributed by atoms with E-state index in [2.05, 4.69) is 56.7 Å². The third kappa shape index (κ3) is 4.07. The van der Waals surface area contributed by atoms with Gasteiger partial charge in [0.05, 0.1) is 23.6 Å². The molecule has 1 atom stereocenters. The van der Waals surface area contributed by atoms with Gasteiger partial charge in [0.15, 0.2) is 0 Å². The molecule has 1 aromatic carbocycles. The van der Waals surface area contributed by atoms with Crippen LogP contribution in [-0.4, -0.2) is 42.6 Å². The minimum absolute atomic E-state index is 0.0707. The summed E-state index contributed by atoms with van der Waals surface area (Å²) in [5.41, 5.74) is 5.40. The predicted molar refractivity (Wildman–Crippen MR) is 127 cm³/mol. The number of H-pyrrole nitrogens is 1. The van der Waals surface area contributed by atoms with E-state index in [4.69, 9.17) is 0 Å². The molecule has 2 aliphatic rings. The molecule has 1 saturated heterocycles. The summed E-state index contributed by atoms with van der Waals surface area (Å²) in [4.78, 5) is 20.0. The molecular formula is C26H35N5O. The number of aryl methyl sites for hydroxylation is 1. The Hall–Kier alpha value is -2.63. The van der Waals surface area contributed by atoms with E-state index in [0.29, 0.717) is 17.7 Å². The van der Waals surface area contributed by atoms with Gasteiger partial charge in [-0.15, -0.1) is 0 Å². The third-order valence-corrected chi connectivity index (χ3v) is 7.67. The molecule has 3 heterocycles. The van der Waals surface area contributed by atoms with Gasteiger partial charge >= 0.3 is 0 Å². The summed E-state index contributed by atoms with van der Waals surface area (Å²) in [5, 5.41) is 7.15. The van der Waals surface area contributed by atoms with Crippen molar-refractivity contribution in [2.24, 2.45) is 11.8 Å². The second-order valence-electron chi connectivity index (χ2n) is 10.6. The van der Waals surface area contributed by atoms with Crippen LogP contribution in [0.3, 0.4) is 0 Å². The smallest absolute Gasteiger partial charge is 0.223 e. The number of likely N-dealkylation sites (tertiary alicyclic amines) is 1. The van der Waals surface area contributed by atoms with Crippen molar-refractivity contribution in [1.29, 1.82) is 0 Å². The first-order valence-corrected chi connectivity index (χ1v) is 12.2. The Bertz CT molecular complexity index is 1100. The number of amides is 1. The quantitative estimate of drug-likeness (QED) is 0.591. The molecule has 1 amide bonds. The Morgan fingerprint density at radius 3 is 2.75 bits per heavy atom.